The largest absolute Gasteiger partial charge is 0.368 e. The lowest BCUT2D eigenvalue weighted by Crippen LogP contribution is -2.07. The Bertz CT molecular complexity index is 492. The summed E-state index contributed by atoms with van der Waals surface area (Å²) >= 11 is 3.42. The van der Waals surface area contributed by atoms with Gasteiger partial charge in [0.15, 0.2) is 5.65 Å². The molecular weight excluding hydrogens is 268 g/mol. The third-order valence-corrected chi connectivity index (χ3v) is 3.01. The van der Waals surface area contributed by atoms with Gasteiger partial charge in [-0.15, -0.1) is 5.10 Å². The molecule has 0 unspecified atom stereocenters. The average Bonchev–Trinajstić information content (AvgIpc) is 2.61. The van der Waals surface area contributed by atoms with Gasteiger partial charge in [-0.2, -0.15) is 0 Å². The number of imidazole rings is 1. The van der Waals surface area contributed by atoms with Crippen LogP contribution in [-0.2, 0) is 0 Å². The van der Waals surface area contributed by atoms with Crippen molar-refractivity contribution < 1.29 is 0 Å². The molecule has 0 bridgehead atoms. The number of fused-ring (bicyclic) bond motifs is 1. The Morgan fingerprint density at radius 2 is 2.31 bits per heavy atom. The van der Waals surface area contributed by atoms with Crippen LogP contribution in [0.2, 0.25) is 0 Å². The molecule has 86 valence electrons. The molecule has 0 aliphatic rings. The molecule has 0 saturated heterocycles. The molecule has 2 aromatic heterocycles. The van der Waals surface area contributed by atoms with E-state index < -0.39 is 0 Å². The van der Waals surface area contributed by atoms with Gasteiger partial charge in [0.25, 0.3) is 0 Å². The molecule has 0 fully saturated rings. The minimum Gasteiger partial charge on any atom is -0.368 e. The molecule has 0 amide bonds. The summed E-state index contributed by atoms with van der Waals surface area (Å²) in [4.78, 5) is 4.24. The fourth-order valence-electron chi connectivity index (χ4n) is 1.53. The maximum absolute atomic E-state index is 4.50. The van der Waals surface area contributed by atoms with Gasteiger partial charge in [-0.3, -0.25) is 0 Å². The quantitative estimate of drug-likeness (QED) is 0.877. The minimum atomic E-state index is 0.866. The first-order valence-electron chi connectivity index (χ1n) is 5.47. The van der Waals surface area contributed by atoms with Crippen molar-refractivity contribution in [3.63, 3.8) is 0 Å². The Balaban J connectivity index is 2.29. The minimum absolute atomic E-state index is 0.866. The summed E-state index contributed by atoms with van der Waals surface area (Å²) in [5, 5.41) is 7.84. The van der Waals surface area contributed by atoms with Gasteiger partial charge in [-0.1, -0.05) is 13.3 Å². The van der Waals surface area contributed by atoms with Crippen LogP contribution in [0.15, 0.2) is 16.9 Å². The molecule has 2 heterocycles. The van der Waals surface area contributed by atoms with Crippen molar-refractivity contribution in [1.82, 2.24) is 14.6 Å². The van der Waals surface area contributed by atoms with E-state index >= 15 is 0 Å². The summed E-state index contributed by atoms with van der Waals surface area (Å²) in [5.41, 5.74) is 1.99. The lowest BCUT2D eigenvalue weighted by molar-refractivity contribution is 0.818. The van der Waals surface area contributed by atoms with E-state index in [0.29, 0.717) is 0 Å². The van der Waals surface area contributed by atoms with Gasteiger partial charge in [0, 0.05) is 6.54 Å². The molecule has 0 radical (unpaired) electrons. The molecule has 16 heavy (non-hydrogen) atoms. The van der Waals surface area contributed by atoms with Crippen LogP contribution in [-0.4, -0.2) is 21.1 Å². The second-order valence-electron chi connectivity index (χ2n) is 3.81. The number of hydrogen-bond acceptors (Lipinski definition) is 3. The predicted octanol–water partition coefficient (Wildman–Crippen LogP) is 3.01. The first kappa shape index (κ1) is 11.4. The highest BCUT2D eigenvalue weighted by Gasteiger charge is 2.06. The zero-order valence-electron chi connectivity index (χ0n) is 9.50. The first-order valence-corrected chi connectivity index (χ1v) is 6.26. The SMILES string of the molecule is CCCCNc1nn2c(Br)cnc2cc1C. The van der Waals surface area contributed by atoms with Gasteiger partial charge in [0.05, 0.1) is 6.20 Å². The van der Waals surface area contributed by atoms with E-state index in [4.69, 9.17) is 0 Å². The zero-order valence-corrected chi connectivity index (χ0v) is 11.1. The van der Waals surface area contributed by atoms with E-state index in [1.54, 1.807) is 10.7 Å². The van der Waals surface area contributed by atoms with Gasteiger partial charge >= 0.3 is 0 Å². The standard InChI is InChI=1S/C11H15BrN4/c1-3-4-5-13-11-8(2)6-10-14-7-9(12)16(10)15-11/h6-7H,3-5H2,1-2H3,(H,13,15). The van der Waals surface area contributed by atoms with E-state index in [-0.39, 0.29) is 0 Å². The summed E-state index contributed by atoms with van der Waals surface area (Å²) in [6, 6.07) is 2.03. The number of aryl methyl sites for hydroxylation is 1. The molecule has 0 aromatic carbocycles. The number of aromatic nitrogens is 3. The third-order valence-electron chi connectivity index (χ3n) is 2.46. The second-order valence-corrected chi connectivity index (χ2v) is 4.62. The summed E-state index contributed by atoms with van der Waals surface area (Å²) in [5.74, 6) is 0.930. The number of nitrogens with one attached hydrogen (secondary N) is 1. The maximum Gasteiger partial charge on any atom is 0.155 e. The monoisotopic (exact) mass is 282 g/mol. The van der Waals surface area contributed by atoms with E-state index in [1.165, 1.54) is 6.42 Å². The third kappa shape index (κ3) is 2.19. The summed E-state index contributed by atoms with van der Waals surface area (Å²) in [6.45, 7) is 5.18. The summed E-state index contributed by atoms with van der Waals surface area (Å²) < 4.78 is 2.67. The topological polar surface area (TPSA) is 42.2 Å². The number of hydrogen-bond donors (Lipinski definition) is 1. The highest BCUT2D eigenvalue weighted by atomic mass is 79.9. The van der Waals surface area contributed by atoms with E-state index in [0.717, 1.165) is 34.6 Å². The molecular formula is C11H15BrN4. The van der Waals surface area contributed by atoms with Gasteiger partial charge in [-0.25, -0.2) is 9.50 Å². The molecule has 4 nitrogen and oxygen atoms in total. The van der Waals surface area contributed by atoms with Crippen molar-refractivity contribution in [2.75, 3.05) is 11.9 Å². The van der Waals surface area contributed by atoms with Crippen molar-refractivity contribution in [2.24, 2.45) is 0 Å². The lowest BCUT2D eigenvalue weighted by atomic mass is 10.3. The lowest BCUT2D eigenvalue weighted by Gasteiger charge is -2.08. The molecule has 1 N–H and O–H groups in total. The summed E-state index contributed by atoms with van der Waals surface area (Å²) in [7, 11) is 0. The maximum atomic E-state index is 4.50. The Hall–Kier alpha value is -1.10. The van der Waals surface area contributed by atoms with Crippen LogP contribution in [0.25, 0.3) is 5.65 Å². The Morgan fingerprint density at radius 3 is 3.06 bits per heavy atom. The predicted molar refractivity (Wildman–Crippen MR) is 68.8 cm³/mol. The molecule has 0 saturated carbocycles. The van der Waals surface area contributed by atoms with Crippen LogP contribution in [0.1, 0.15) is 25.3 Å². The van der Waals surface area contributed by atoms with Gasteiger partial charge in [-0.05, 0) is 40.9 Å². The average molecular weight is 283 g/mol. The Labute approximate surface area is 103 Å². The van der Waals surface area contributed by atoms with Crippen LogP contribution < -0.4 is 5.32 Å². The molecule has 0 aliphatic heterocycles. The van der Waals surface area contributed by atoms with Gasteiger partial charge < -0.3 is 5.32 Å². The fraction of sp³-hybridized carbons (Fsp3) is 0.455. The molecule has 2 aromatic rings. The normalized spacial score (nSPS) is 10.9. The van der Waals surface area contributed by atoms with Crippen LogP contribution in [0.4, 0.5) is 5.82 Å². The molecule has 0 atom stereocenters. The van der Waals surface area contributed by atoms with Gasteiger partial charge in [0.2, 0.25) is 0 Å². The van der Waals surface area contributed by atoms with Crippen LogP contribution in [0, 0.1) is 6.92 Å². The van der Waals surface area contributed by atoms with Crippen molar-refractivity contribution >= 4 is 27.4 Å². The highest BCUT2D eigenvalue weighted by molar-refractivity contribution is 9.10. The number of nitrogens with zero attached hydrogens (tertiary/aromatic N) is 3. The fourth-order valence-corrected chi connectivity index (χ4v) is 1.90. The number of anilines is 1. The molecule has 0 aliphatic carbocycles. The Kier molecular flexibility index (Phi) is 3.43. The first-order chi connectivity index (χ1) is 7.72. The van der Waals surface area contributed by atoms with E-state index in [1.807, 2.05) is 13.0 Å². The number of halogens is 1. The highest BCUT2D eigenvalue weighted by Crippen LogP contribution is 2.17. The number of rotatable bonds is 4. The molecule has 0 spiro atoms. The second kappa shape index (κ2) is 4.82. The van der Waals surface area contributed by atoms with Crippen LogP contribution in [0.5, 0.6) is 0 Å². The summed E-state index contributed by atoms with van der Waals surface area (Å²) in [6.07, 6.45) is 4.10. The van der Waals surface area contributed by atoms with Crippen molar-refractivity contribution in [2.45, 2.75) is 26.7 Å². The number of unbranched alkanes of at least 4 members (excludes halogenated alkanes) is 1. The van der Waals surface area contributed by atoms with Crippen molar-refractivity contribution in [3.8, 4) is 0 Å². The Morgan fingerprint density at radius 1 is 1.50 bits per heavy atom. The van der Waals surface area contributed by atoms with E-state index in [2.05, 4.69) is 38.3 Å². The van der Waals surface area contributed by atoms with Crippen molar-refractivity contribution in [3.05, 3.63) is 22.4 Å². The van der Waals surface area contributed by atoms with Crippen LogP contribution in [0.3, 0.4) is 0 Å². The molecule has 5 heteroatoms. The molecule has 2 rings (SSSR count). The van der Waals surface area contributed by atoms with E-state index in [9.17, 15) is 0 Å². The van der Waals surface area contributed by atoms with Gasteiger partial charge in [0.1, 0.15) is 10.4 Å². The zero-order chi connectivity index (χ0) is 11.5. The van der Waals surface area contributed by atoms with Crippen LogP contribution >= 0.6 is 15.9 Å². The van der Waals surface area contributed by atoms with Crippen molar-refractivity contribution in [1.29, 1.82) is 0 Å². The smallest absolute Gasteiger partial charge is 0.155 e.